The minimum atomic E-state index is 0.425. The average molecular weight is 350 g/mol. The van der Waals surface area contributed by atoms with E-state index in [-0.39, 0.29) is 0 Å². The molecule has 2 aliphatic carbocycles. The molecule has 4 nitrogen and oxygen atoms in total. The third kappa shape index (κ3) is 6.41. The summed E-state index contributed by atoms with van der Waals surface area (Å²) in [6.45, 7) is 6.92. The van der Waals surface area contributed by atoms with Crippen molar-refractivity contribution in [2.45, 2.75) is 57.8 Å². The zero-order valence-electron chi connectivity index (χ0n) is 15.9. The Morgan fingerprint density at radius 1 is 1.04 bits per heavy atom. The quantitative estimate of drug-likeness (QED) is 0.714. The third-order valence-corrected chi connectivity index (χ3v) is 6.33. The first-order chi connectivity index (χ1) is 12.3. The number of amides is 1. The number of allylic oxidation sites excluding steroid dienone is 2. The Bertz CT molecular complexity index is 426. The maximum Gasteiger partial charge on any atom is 0.223 e. The molecule has 25 heavy (non-hydrogen) atoms. The predicted molar refractivity (Wildman–Crippen MR) is 101 cm³/mol. The van der Waals surface area contributed by atoms with E-state index in [1.165, 1.54) is 44.9 Å². The minimum Gasteiger partial charge on any atom is -0.370 e. The Balaban J connectivity index is 1.51. The van der Waals surface area contributed by atoms with Crippen molar-refractivity contribution in [2.75, 3.05) is 45.9 Å². The lowest BCUT2D eigenvalue weighted by atomic mass is 9.86. The second kappa shape index (κ2) is 10.3. The Morgan fingerprint density at radius 2 is 1.84 bits per heavy atom. The summed E-state index contributed by atoms with van der Waals surface area (Å²) in [5.41, 5.74) is 0. The molecule has 0 unspecified atom stereocenters. The molecule has 1 N–H and O–H groups in total. The van der Waals surface area contributed by atoms with Gasteiger partial charge in [0.25, 0.3) is 0 Å². The Kier molecular flexibility index (Phi) is 7.81. The molecule has 1 amide bonds. The highest BCUT2D eigenvalue weighted by molar-refractivity contribution is 5.76. The lowest BCUT2D eigenvalue weighted by molar-refractivity contribution is -0.907. The SMILES string of the molecule is O=C(CC1CCCCC1)N(CC[NH+]1CCOCC1)C[C@@H]1CC=CCC1. The molecular weight excluding hydrogens is 312 g/mol. The molecule has 1 saturated carbocycles. The molecule has 1 heterocycles. The lowest BCUT2D eigenvalue weighted by Gasteiger charge is -2.32. The Hall–Kier alpha value is -0.870. The van der Waals surface area contributed by atoms with Crippen LogP contribution >= 0.6 is 0 Å². The molecule has 3 aliphatic rings. The molecule has 1 saturated heterocycles. The fourth-order valence-corrected chi connectivity index (χ4v) is 4.62. The number of ether oxygens (including phenoxy) is 1. The van der Waals surface area contributed by atoms with Gasteiger partial charge in [0, 0.05) is 13.0 Å². The van der Waals surface area contributed by atoms with Gasteiger partial charge >= 0.3 is 0 Å². The maximum atomic E-state index is 13.0. The van der Waals surface area contributed by atoms with Crippen molar-refractivity contribution >= 4 is 5.91 Å². The van der Waals surface area contributed by atoms with Crippen LogP contribution in [0.4, 0.5) is 0 Å². The first-order valence-corrected chi connectivity index (χ1v) is 10.7. The summed E-state index contributed by atoms with van der Waals surface area (Å²) in [7, 11) is 0. The van der Waals surface area contributed by atoms with Gasteiger partial charge in [0.05, 0.1) is 26.3 Å². The average Bonchev–Trinajstić information content (AvgIpc) is 2.67. The van der Waals surface area contributed by atoms with Crippen molar-refractivity contribution in [3.8, 4) is 0 Å². The molecule has 2 fully saturated rings. The van der Waals surface area contributed by atoms with Gasteiger partial charge in [0.2, 0.25) is 5.91 Å². The molecule has 0 bridgehead atoms. The summed E-state index contributed by atoms with van der Waals surface area (Å²) in [5.74, 6) is 1.74. The van der Waals surface area contributed by atoms with Crippen molar-refractivity contribution in [1.82, 2.24) is 4.90 Å². The van der Waals surface area contributed by atoms with E-state index in [0.717, 1.165) is 58.8 Å². The second-order valence-corrected chi connectivity index (χ2v) is 8.31. The van der Waals surface area contributed by atoms with Crippen LogP contribution in [0.1, 0.15) is 57.8 Å². The van der Waals surface area contributed by atoms with Crippen molar-refractivity contribution in [2.24, 2.45) is 11.8 Å². The highest BCUT2D eigenvalue weighted by Gasteiger charge is 2.25. The summed E-state index contributed by atoms with van der Waals surface area (Å²) in [5, 5.41) is 0. The first-order valence-electron chi connectivity index (χ1n) is 10.7. The molecule has 0 aromatic rings. The first kappa shape index (κ1) is 18.9. The van der Waals surface area contributed by atoms with E-state index >= 15 is 0 Å². The number of nitrogens with zero attached hydrogens (tertiary/aromatic N) is 1. The van der Waals surface area contributed by atoms with Gasteiger partial charge in [-0.05, 0) is 43.9 Å². The number of quaternary nitrogens is 1. The van der Waals surface area contributed by atoms with Crippen molar-refractivity contribution < 1.29 is 14.4 Å². The van der Waals surface area contributed by atoms with Gasteiger partial charge in [0.15, 0.2) is 0 Å². The highest BCUT2D eigenvalue weighted by atomic mass is 16.5. The van der Waals surface area contributed by atoms with Gasteiger partial charge in [-0.1, -0.05) is 31.4 Å². The zero-order valence-corrected chi connectivity index (χ0v) is 15.9. The van der Waals surface area contributed by atoms with E-state index < -0.39 is 0 Å². The van der Waals surface area contributed by atoms with E-state index in [1.807, 2.05) is 0 Å². The number of morpholine rings is 1. The van der Waals surface area contributed by atoms with Gasteiger partial charge in [-0.15, -0.1) is 0 Å². The Labute approximate surface area is 153 Å². The standard InChI is InChI=1S/C21H36N2O2/c24-21(17-19-7-3-1-4-8-19)23(18-20-9-5-2-6-10-20)12-11-22-13-15-25-16-14-22/h2,5,19-20H,1,3-4,6-18H2/p+1/t20-/m1/s1. The molecular formula is C21H37N2O2+. The van der Waals surface area contributed by atoms with Crippen LogP contribution in [0.2, 0.25) is 0 Å². The van der Waals surface area contributed by atoms with Crippen LogP contribution < -0.4 is 4.90 Å². The van der Waals surface area contributed by atoms with Crippen molar-refractivity contribution in [3.05, 3.63) is 12.2 Å². The van der Waals surface area contributed by atoms with E-state index in [0.29, 0.717) is 17.7 Å². The summed E-state index contributed by atoms with van der Waals surface area (Å²) in [4.78, 5) is 16.9. The van der Waals surface area contributed by atoms with Gasteiger partial charge < -0.3 is 14.5 Å². The van der Waals surface area contributed by atoms with Crippen LogP contribution in [0.15, 0.2) is 12.2 Å². The topological polar surface area (TPSA) is 34.0 Å². The number of hydrogen-bond donors (Lipinski definition) is 1. The lowest BCUT2D eigenvalue weighted by Crippen LogP contribution is -3.14. The zero-order chi connectivity index (χ0) is 17.3. The molecule has 0 aromatic carbocycles. The fraction of sp³-hybridized carbons (Fsp3) is 0.857. The van der Waals surface area contributed by atoms with Gasteiger partial charge in [-0.2, -0.15) is 0 Å². The molecule has 1 aliphatic heterocycles. The van der Waals surface area contributed by atoms with E-state index in [1.54, 1.807) is 4.90 Å². The fourth-order valence-electron chi connectivity index (χ4n) is 4.62. The number of nitrogens with one attached hydrogen (secondary N) is 1. The number of carbonyl (C=O) groups is 1. The summed E-state index contributed by atoms with van der Waals surface area (Å²) in [6.07, 6.45) is 15.5. The smallest absolute Gasteiger partial charge is 0.223 e. The van der Waals surface area contributed by atoms with Gasteiger partial charge in [-0.25, -0.2) is 0 Å². The number of hydrogen-bond acceptors (Lipinski definition) is 2. The largest absolute Gasteiger partial charge is 0.370 e. The molecule has 0 aromatic heterocycles. The monoisotopic (exact) mass is 349 g/mol. The van der Waals surface area contributed by atoms with E-state index in [2.05, 4.69) is 17.1 Å². The normalized spacial score (nSPS) is 25.8. The van der Waals surface area contributed by atoms with Crippen molar-refractivity contribution in [1.29, 1.82) is 0 Å². The summed E-state index contributed by atoms with van der Waals surface area (Å²) in [6, 6.07) is 0. The molecule has 4 heteroatoms. The third-order valence-electron chi connectivity index (χ3n) is 6.33. The van der Waals surface area contributed by atoms with Crippen LogP contribution in [-0.4, -0.2) is 56.7 Å². The van der Waals surface area contributed by atoms with Crippen LogP contribution in [0, 0.1) is 11.8 Å². The summed E-state index contributed by atoms with van der Waals surface area (Å²) < 4.78 is 5.47. The Morgan fingerprint density at radius 3 is 2.56 bits per heavy atom. The highest BCUT2D eigenvalue weighted by Crippen LogP contribution is 2.27. The minimum absolute atomic E-state index is 0.425. The molecule has 142 valence electrons. The van der Waals surface area contributed by atoms with Crippen LogP contribution in [0.25, 0.3) is 0 Å². The molecule has 1 atom stereocenters. The van der Waals surface area contributed by atoms with E-state index in [9.17, 15) is 4.79 Å². The number of carbonyl (C=O) groups excluding carboxylic acids is 1. The van der Waals surface area contributed by atoms with Crippen LogP contribution in [-0.2, 0) is 9.53 Å². The van der Waals surface area contributed by atoms with Crippen molar-refractivity contribution in [3.63, 3.8) is 0 Å². The molecule has 0 radical (unpaired) electrons. The molecule has 0 spiro atoms. The summed E-state index contributed by atoms with van der Waals surface area (Å²) >= 11 is 0. The van der Waals surface area contributed by atoms with E-state index in [4.69, 9.17) is 4.74 Å². The van der Waals surface area contributed by atoms with Crippen LogP contribution in [0.5, 0.6) is 0 Å². The van der Waals surface area contributed by atoms with Gasteiger partial charge in [-0.3, -0.25) is 4.79 Å². The predicted octanol–water partition coefficient (Wildman–Crippen LogP) is 2.06. The molecule has 3 rings (SSSR count). The maximum absolute atomic E-state index is 13.0. The second-order valence-electron chi connectivity index (χ2n) is 8.31. The number of rotatable bonds is 7. The van der Waals surface area contributed by atoms with Gasteiger partial charge in [0.1, 0.15) is 13.1 Å². The van der Waals surface area contributed by atoms with Crippen LogP contribution in [0.3, 0.4) is 0 Å².